The maximum absolute atomic E-state index is 11.2. The summed E-state index contributed by atoms with van der Waals surface area (Å²) in [6.45, 7) is 2.15. The van der Waals surface area contributed by atoms with Gasteiger partial charge in [0.2, 0.25) is 11.7 Å². The molecule has 1 atom stereocenters. The Balaban J connectivity index is 1.46. The van der Waals surface area contributed by atoms with Crippen molar-refractivity contribution in [3.05, 3.63) is 47.9 Å². The number of H-pyrrole nitrogens is 1. The largest absolute Gasteiger partial charge is 0.477 e. The lowest BCUT2D eigenvalue weighted by Crippen LogP contribution is -2.34. The maximum atomic E-state index is 11.2. The highest BCUT2D eigenvalue weighted by atomic mass is 16.5. The summed E-state index contributed by atoms with van der Waals surface area (Å²) in [5.41, 5.74) is 1.64. The molecule has 0 bridgehead atoms. The first-order valence-electron chi connectivity index (χ1n) is 8.42. The van der Waals surface area contributed by atoms with E-state index in [-0.39, 0.29) is 11.6 Å². The third kappa shape index (κ3) is 3.33. The molecule has 4 rings (SSSR count). The molecule has 3 aromatic rings. The summed E-state index contributed by atoms with van der Waals surface area (Å²) in [7, 11) is 0. The summed E-state index contributed by atoms with van der Waals surface area (Å²) in [5, 5.41) is 19.6. The van der Waals surface area contributed by atoms with Crippen LogP contribution >= 0.6 is 0 Å². The monoisotopic (exact) mass is 354 g/mol. The van der Waals surface area contributed by atoms with E-state index < -0.39 is 5.97 Å². The molecular formula is C17H18N6O3. The minimum absolute atomic E-state index is 0.127. The number of aromatic carboxylic acids is 1. The van der Waals surface area contributed by atoms with Crippen LogP contribution in [-0.4, -0.2) is 54.4 Å². The van der Waals surface area contributed by atoms with E-state index in [0.717, 1.165) is 31.5 Å². The van der Waals surface area contributed by atoms with Crippen LogP contribution in [-0.2, 0) is 6.54 Å². The lowest BCUT2D eigenvalue weighted by molar-refractivity contribution is 0.0687. The number of carboxylic acid groups (broad SMARTS) is 1. The molecule has 0 saturated carbocycles. The van der Waals surface area contributed by atoms with Gasteiger partial charge >= 0.3 is 5.97 Å². The second-order valence-corrected chi connectivity index (χ2v) is 6.35. The standard InChI is InChI=1S/C17H18N6O3/c24-17(25)14-13(8-19-21-14)10-23-6-2-4-12(9-23)16-20-15(22-26-16)11-3-1-5-18-7-11/h1,3,5,7-8,12H,2,4,6,9-10H2,(H,19,21)(H,24,25)/t12-/m1/s1. The lowest BCUT2D eigenvalue weighted by atomic mass is 9.97. The molecule has 134 valence electrons. The van der Waals surface area contributed by atoms with E-state index in [1.807, 2.05) is 12.1 Å². The Hall–Kier alpha value is -3.07. The zero-order valence-corrected chi connectivity index (χ0v) is 14.0. The van der Waals surface area contributed by atoms with Gasteiger partial charge in [0.1, 0.15) is 5.69 Å². The number of piperidine rings is 1. The van der Waals surface area contributed by atoms with Crippen LogP contribution in [0.25, 0.3) is 11.4 Å². The van der Waals surface area contributed by atoms with Crippen LogP contribution in [0.2, 0.25) is 0 Å². The number of hydrogen-bond acceptors (Lipinski definition) is 7. The van der Waals surface area contributed by atoms with E-state index in [2.05, 4.69) is 30.2 Å². The van der Waals surface area contributed by atoms with Gasteiger partial charge in [0.05, 0.1) is 12.1 Å². The van der Waals surface area contributed by atoms with Gasteiger partial charge in [-0.3, -0.25) is 15.0 Å². The van der Waals surface area contributed by atoms with Gasteiger partial charge in [-0.05, 0) is 31.5 Å². The predicted molar refractivity (Wildman–Crippen MR) is 90.3 cm³/mol. The zero-order valence-electron chi connectivity index (χ0n) is 14.0. The van der Waals surface area contributed by atoms with E-state index in [1.165, 1.54) is 0 Å². The van der Waals surface area contributed by atoms with Crippen LogP contribution in [0.15, 0.2) is 35.2 Å². The maximum Gasteiger partial charge on any atom is 0.354 e. The Morgan fingerprint density at radius 2 is 2.35 bits per heavy atom. The molecule has 0 radical (unpaired) electrons. The average molecular weight is 354 g/mol. The van der Waals surface area contributed by atoms with E-state index in [1.54, 1.807) is 18.6 Å². The van der Waals surface area contributed by atoms with Gasteiger partial charge in [0.25, 0.3) is 0 Å². The Morgan fingerprint density at radius 3 is 3.15 bits per heavy atom. The van der Waals surface area contributed by atoms with Gasteiger partial charge < -0.3 is 9.63 Å². The minimum Gasteiger partial charge on any atom is -0.477 e. The van der Waals surface area contributed by atoms with Crippen LogP contribution in [0.1, 0.15) is 40.7 Å². The van der Waals surface area contributed by atoms with Crippen LogP contribution < -0.4 is 0 Å². The van der Waals surface area contributed by atoms with Crippen molar-refractivity contribution < 1.29 is 14.4 Å². The molecule has 26 heavy (non-hydrogen) atoms. The fourth-order valence-corrected chi connectivity index (χ4v) is 3.27. The van der Waals surface area contributed by atoms with Crippen LogP contribution in [0.3, 0.4) is 0 Å². The van der Waals surface area contributed by atoms with Crippen molar-refractivity contribution >= 4 is 5.97 Å². The summed E-state index contributed by atoms with van der Waals surface area (Å²) < 4.78 is 5.48. The fourth-order valence-electron chi connectivity index (χ4n) is 3.27. The molecule has 9 heteroatoms. The fraction of sp³-hybridized carbons (Fsp3) is 0.353. The number of likely N-dealkylation sites (tertiary alicyclic amines) is 1. The summed E-state index contributed by atoms with van der Waals surface area (Å²) in [4.78, 5) is 22.0. The van der Waals surface area contributed by atoms with Crippen LogP contribution in [0, 0.1) is 0 Å². The van der Waals surface area contributed by atoms with Gasteiger partial charge in [-0.25, -0.2) is 4.79 Å². The second-order valence-electron chi connectivity index (χ2n) is 6.35. The number of pyridine rings is 1. The first kappa shape index (κ1) is 16.4. The number of hydrogen-bond donors (Lipinski definition) is 2. The van der Waals surface area contributed by atoms with E-state index >= 15 is 0 Å². The van der Waals surface area contributed by atoms with Crippen molar-refractivity contribution in [2.45, 2.75) is 25.3 Å². The summed E-state index contributed by atoms with van der Waals surface area (Å²) in [6.07, 6.45) is 6.91. The van der Waals surface area contributed by atoms with E-state index in [4.69, 9.17) is 4.52 Å². The van der Waals surface area contributed by atoms with Crippen molar-refractivity contribution in [1.82, 2.24) is 30.2 Å². The number of nitrogens with zero attached hydrogens (tertiary/aromatic N) is 5. The number of carboxylic acids is 1. The quantitative estimate of drug-likeness (QED) is 0.713. The molecule has 0 aliphatic carbocycles. The topological polar surface area (TPSA) is 121 Å². The number of nitrogens with one attached hydrogen (secondary N) is 1. The van der Waals surface area contributed by atoms with Crippen LogP contribution in [0.5, 0.6) is 0 Å². The van der Waals surface area contributed by atoms with Gasteiger partial charge in [0.15, 0.2) is 0 Å². The Bertz CT molecular complexity index is 891. The lowest BCUT2D eigenvalue weighted by Gasteiger charge is -2.30. The third-order valence-corrected chi connectivity index (χ3v) is 4.54. The van der Waals surface area contributed by atoms with Gasteiger partial charge in [-0.15, -0.1) is 0 Å². The Labute approximate surface area is 149 Å². The normalized spacial score (nSPS) is 18.1. The highest BCUT2D eigenvalue weighted by molar-refractivity contribution is 5.86. The molecule has 0 aromatic carbocycles. The third-order valence-electron chi connectivity index (χ3n) is 4.54. The Kier molecular flexibility index (Phi) is 4.44. The molecule has 1 saturated heterocycles. The second kappa shape index (κ2) is 7.04. The van der Waals surface area contributed by atoms with Gasteiger partial charge in [0, 0.05) is 36.6 Å². The van der Waals surface area contributed by atoms with E-state index in [9.17, 15) is 9.90 Å². The predicted octanol–water partition coefficient (Wildman–Crippen LogP) is 1.93. The zero-order chi connectivity index (χ0) is 17.9. The molecule has 1 fully saturated rings. The van der Waals surface area contributed by atoms with Crippen molar-refractivity contribution in [2.24, 2.45) is 0 Å². The van der Waals surface area contributed by atoms with Gasteiger partial charge in [-0.1, -0.05) is 5.16 Å². The average Bonchev–Trinajstić information content (AvgIpc) is 3.32. The number of rotatable bonds is 5. The molecule has 0 spiro atoms. The van der Waals surface area contributed by atoms with Crippen molar-refractivity contribution in [3.8, 4) is 11.4 Å². The first-order chi connectivity index (χ1) is 12.7. The highest BCUT2D eigenvalue weighted by Gasteiger charge is 2.27. The number of carbonyl (C=O) groups is 1. The minimum atomic E-state index is -0.996. The Morgan fingerprint density at radius 1 is 1.42 bits per heavy atom. The van der Waals surface area contributed by atoms with Crippen LogP contribution in [0.4, 0.5) is 0 Å². The van der Waals surface area contributed by atoms with Crippen molar-refractivity contribution in [1.29, 1.82) is 0 Å². The van der Waals surface area contributed by atoms with Gasteiger partial charge in [-0.2, -0.15) is 10.1 Å². The van der Waals surface area contributed by atoms with Crippen molar-refractivity contribution in [2.75, 3.05) is 13.1 Å². The molecule has 3 aromatic heterocycles. The summed E-state index contributed by atoms with van der Waals surface area (Å²) in [5.74, 6) is 0.276. The number of aromatic amines is 1. The van der Waals surface area contributed by atoms with Crippen molar-refractivity contribution in [3.63, 3.8) is 0 Å². The molecule has 0 amide bonds. The molecule has 1 aliphatic rings. The smallest absolute Gasteiger partial charge is 0.354 e. The molecule has 4 heterocycles. The number of aromatic nitrogens is 5. The SMILES string of the molecule is O=C(O)c1[nH]ncc1CN1CCC[C@@H](c2nc(-c3cccnc3)no2)C1. The first-order valence-corrected chi connectivity index (χ1v) is 8.42. The molecule has 2 N–H and O–H groups in total. The highest BCUT2D eigenvalue weighted by Crippen LogP contribution is 2.28. The molecular weight excluding hydrogens is 336 g/mol. The molecule has 0 unspecified atom stereocenters. The summed E-state index contributed by atoms with van der Waals surface area (Å²) in [6, 6.07) is 3.72. The van der Waals surface area contributed by atoms with E-state index in [0.29, 0.717) is 23.8 Å². The molecule has 1 aliphatic heterocycles. The summed E-state index contributed by atoms with van der Waals surface area (Å²) >= 11 is 0. The molecule has 9 nitrogen and oxygen atoms in total.